The van der Waals surface area contributed by atoms with Gasteiger partial charge < -0.3 is 28.8 Å². The highest BCUT2D eigenvalue weighted by molar-refractivity contribution is 5.97. The Kier molecular flexibility index (Phi) is 5.43. The highest BCUT2D eigenvalue weighted by Gasteiger charge is 2.47. The zero-order chi connectivity index (χ0) is 22.2. The Morgan fingerprint density at radius 2 is 1.55 bits per heavy atom. The number of benzene rings is 2. The first kappa shape index (κ1) is 20.9. The van der Waals surface area contributed by atoms with Gasteiger partial charge in [-0.25, -0.2) is 0 Å². The van der Waals surface area contributed by atoms with Crippen LogP contribution in [0.5, 0.6) is 28.7 Å². The van der Waals surface area contributed by atoms with Crippen LogP contribution in [0.2, 0.25) is 0 Å². The minimum atomic E-state index is -1.03. The lowest BCUT2D eigenvalue weighted by Crippen LogP contribution is -2.28. The number of methoxy groups -OCH3 is 4. The van der Waals surface area contributed by atoms with Crippen molar-refractivity contribution in [2.24, 2.45) is 0 Å². The van der Waals surface area contributed by atoms with Crippen LogP contribution in [0.25, 0.3) is 0 Å². The van der Waals surface area contributed by atoms with Gasteiger partial charge in [0.1, 0.15) is 5.76 Å². The second-order valence-electron chi connectivity index (χ2n) is 7.58. The first-order valence-electron chi connectivity index (χ1n) is 10.1. The largest absolute Gasteiger partial charge is 0.504 e. The number of hydrogen-bond acceptors (Lipinski definition) is 7. The first-order chi connectivity index (χ1) is 15.0. The molecular weight excluding hydrogens is 400 g/mol. The SMILES string of the molecule is COc1ccc([C@@]2(c3cc(OC)c(OC)c(OC)c3)CC3=C(CCCC3=O)O2)cc1O. The van der Waals surface area contributed by atoms with Crippen molar-refractivity contribution in [3.05, 3.63) is 52.8 Å². The molecule has 0 amide bonds. The normalized spacial score (nSPS) is 20.2. The van der Waals surface area contributed by atoms with Crippen LogP contribution >= 0.6 is 0 Å². The molecule has 31 heavy (non-hydrogen) atoms. The molecule has 7 nitrogen and oxygen atoms in total. The van der Waals surface area contributed by atoms with Crippen LogP contribution in [0.15, 0.2) is 41.7 Å². The fourth-order valence-electron chi connectivity index (χ4n) is 4.42. The van der Waals surface area contributed by atoms with E-state index in [0.717, 1.165) is 12.0 Å². The maximum absolute atomic E-state index is 12.7. The van der Waals surface area contributed by atoms with Crippen LogP contribution in [0, 0.1) is 0 Å². The smallest absolute Gasteiger partial charge is 0.203 e. The molecule has 0 aromatic heterocycles. The summed E-state index contributed by atoms with van der Waals surface area (Å²) < 4.78 is 28.3. The molecule has 0 radical (unpaired) electrons. The molecule has 0 bridgehead atoms. The van der Waals surface area contributed by atoms with Crippen molar-refractivity contribution in [1.29, 1.82) is 0 Å². The second-order valence-corrected chi connectivity index (χ2v) is 7.58. The fourth-order valence-corrected chi connectivity index (χ4v) is 4.42. The minimum Gasteiger partial charge on any atom is -0.504 e. The van der Waals surface area contributed by atoms with E-state index in [1.54, 1.807) is 33.5 Å². The molecule has 0 unspecified atom stereocenters. The van der Waals surface area contributed by atoms with Crippen LogP contribution < -0.4 is 18.9 Å². The van der Waals surface area contributed by atoms with Crippen LogP contribution in [0.3, 0.4) is 0 Å². The topological polar surface area (TPSA) is 83.5 Å². The van der Waals surface area contributed by atoms with Crippen LogP contribution in [-0.4, -0.2) is 39.3 Å². The van der Waals surface area contributed by atoms with E-state index in [9.17, 15) is 9.90 Å². The number of ketones is 1. The highest BCUT2D eigenvalue weighted by atomic mass is 16.5. The van der Waals surface area contributed by atoms with Gasteiger partial charge in [-0.05, 0) is 30.7 Å². The van der Waals surface area contributed by atoms with Gasteiger partial charge in [-0.15, -0.1) is 0 Å². The van der Waals surface area contributed by atoms with Crippen molar-refractivity contribution in [3.8, 4) is 28.7 Å². The van der Waals surface area contributed by atoms with Gasteiger partial charge in [-0.2, -0.15) is 0 Å². The monoisotopic (exact) mass is 426 g/mol. The van der Waals surface area contributed by atoms with Gasteiger partial charge in [0.05, 0.1) is 28.4 Å². The molecule has 2 aromatic rings. The van der Waals surface area contributed by atoms with E-state index in [0.29, 0.717) is 59.2 Å². The molecule has 0 spiro atoms. The first-order valence-corrected chi connectivity index (χ1v) is 10.1. The number of phenolic OH excluding ortho intramolecular Hbond substituents is 1. The van der Waals surface area contributed by atoms with Gasteiger partial charge in [-0.3, -0.25) is 4.79 Å². The summed E-state index contributed by atoms with van der Waals surface area (Å²) in [6.45, 7) is 0. The highest BCUT2D eigenvalue weighted by Crippen LogP contribution is 2.53. The van der Waals surface area contributed by atoms with E-state index in [2.05, 4.69) is 0 Å². The molecule has 1 heterocycles. The van der Waals surface area contributed by atoms with E-state index in [-0.39, 0.29) is 11.5 Å². The average Bonchev–Trinajstić information content (AvgIpc) is 3.20. The minimum absolute atomic E-state index is 0.00776. The van der Waals surface area contributed by atoms with E-state index < -0.39 is 5.60 Å². The number of rotatable bonds is 6. The van der Waals surface area contributed by atoms with Crippen molar-refractivity contribution in [3.63, 3.8) is 0 Å². The Balaban J connectivity index is 1.93. The fraction of sp³-hybridized carbons (Fsp3) is 0.375. The van der Waals surface area contributed by atoms with Gasteiger partial charge in [0.25, 0.3) is 0 Å². The molecule has 0 saturated heterocycles. The number of carbonyl (C=O) groups excluding carboxylic acids is 1. The molecule has 1 aliphatic heterocycles. The maximum atomic E-state index is 12.7. The average molecular weight is 426 g/mol. The molecule has 2 aromatic carbocycles. The van der Waals surface area contributed by atoms with Crippen LogP contribution in [0.4, 0.5) is 0 Å². The number of ether oxygens (including phenoxy) is 5. The quantitative estimate of drug-likeness (QED) is 0.745. The van der Waals surface area contributed by atoms with Crippen molar-refractivity contribution in [2.75, 3.05) is 28.4 Å². The van der Waals surface area contributed by atoms with Gasteiger partial charge in [0, 0.05) is 36.0 Å². The summed E-state index contributed by atoms with van der Waals surface area (Å²) in [5.41, 5.74) is 1.10. The molecule has 1 aliphatic carbocycles. The third-order valence-electron chi connectivity index (χ3n) is 5.98. The summed E-state index contributed by atoms with van der Waals surface area (Å²) in [6.07, 6.45) is 2.33. The number of allylic oxidation sites excluding steroid dienone is 1. The second kappa shape index (κ2) is 8.06. The molecule has 0 saturated carbocycles. The molecular formula is C24H26O7. The van der Waals surface area contributed by atoms with E-state index in [4.69, 9.17) is 23.7 Å². The van der Waals surface area contributed by atoms with Crippen molar-refractivity contribution < 1.29 is 33.6 Å². The number of hydrogen-bond donors (Lipinski definition) is 1. The molecule has 7 heteroatoms. The van der Waals surface area contributed by atoms with E-state index in [1.807, 2.05) is 18.2 Å². The molecule has 164 valence electrons. The van der Waals surface area contributed by atoms with Gasteiger partial charge in [-0.1, -0.05) is 6.07 Å². The Bertz CT molecular complexity index is 1030. The summed E-state index contributed by atoms with van der Waals surface area (Å²) in [5.74, 6) is 2.59. The lowest BCUT2D eigenvalue weighted by Gasteiger charge is -2.32. The maximum Gasteiger partial charge on any atom is 0.203 e. The number of phenols is 1. The van der Waals surface area contributed by atoms with Crippen LogP contribution in [-0.2, 0) is 15.1 Å². The number of aromatic hydroxyl groups is 1. The molecule has 1 N–H and O–H groups in total. The lowest BCUT2D eigenvalue weighted by atomic mass is 9.80. The third kappa shape index (κ3) is 3.34. The lowest BCUT2D eigenvalue weighted by molar-refractivity contribution is -0.116. The summed E-state index contributed by atoms with van der Waals surface area (Å²) in [6, 6.07) is 8.79. The summed E-state index contributed by atoms with van der Waals surface area (Å²) in [7, 11) is 6.14. The Hall–Kier alpha value is -3.35. The van der Waals surface area contributed by atoms with Crippen molar-refractivity contribution >= 4 is 5.78 Å². The van der Waals surface area contributed by atoms with Crippen molar-refractivity contribution in [2.45, 2.75) is 31.3 Å². The molecule has 2 aliphatic rings. The predicted octanol–water partition coefficient (Wildman–Crippen LogP) is 4.10. The predicted molar refractivity (Wildman–Crippen MR) is 113 cm³/mol. The third-order valence-corrected chi connectivity index (χ3v) is 5.98. The zero-order valence-corrected chi connectivity index (χ0v) is 18.1. The summed E-state index contributed by atoms with van der Waals surface area (Å²) >= 11 is 0. The summed E-state index contributed by atoms with van der Waals surface area (Å²) in [4.78, 5) is 12.7. The van der Waals surface area contributed by atoms with E-state index >= 15 is 0 Å². The van der Waals surface area contributed by atoms with Gasteiger partial charge in [0.15, 0.2) is 34.4 Å². The Morgan fingerprint density at radius 3 is 2.10 bits per heavy atom. The van der Waals surface area contributed by atoms with E-state index in [1.165, 1.54) is 7.11 Å². The number of Topliss-reactive ketones (excluding diaryl/α,β-unsaturated/α-hetero) is 1. The molecule has 0 fully saturated rings. The Labute approximate surface area is 181 Å². The molecule has 1 atom stereocenters. The van der Waals surface area contributed by atoms with Crippen molar-refractivity contribution in [1.82, 2.24) is 0 Å². The van der Waals surface area contributed by atoms with Gasteiger partial charge >= 0.3 is 0 Å². The molecule has 4 rings (SSSR count). The zero-order valence-electron chi connectivity index (χ0n) is 18.1. The summed E-state index contributed by atoms with van der Waals surface area (Å²) in [5, 5.41) is 10.5. The Morgan fingerprint density at radius 1 is 0.871 bits per heavy atom. The standard InChI is InChI=1S/C24H26O7/c1-27-20-9-8-14(10-18(20)26)24(13-16-17(25)6-5-7-19(16)31-24)15-11-21(28-2)23(30-4)22(12-15)29-3/h8-12,26H,5-7,13H2,1-4H3/t24-/m1/s1. The number of carbonyl (C=O) groups is 1. The van der Waals surface area contributed by atoms with Crippen LogP contribution in [0.1, 0.15) is 36.8 Å². The van der Waals surface area contributed by atoms with Gasteiger partial charge in [0.2, 0.25) is 5.75 Å².